The third-order valence-corrected chi connectivity index (χ3v) is 8.67. The van der Waals surface area contributed by atoms with Gasteiger partial charge in [-0.05, 0) is 57.9 Å². The third-order valence-electron chi connectivity index (χ3n) is 5.74. The van der Waals surface area contributed by atoms with Gasteiger partial charge in [0.1, 0.15) is 5.75 Å². The Kier molecular flexibility index (Phi) is 6.64. The van der Waals surface area contributed by atoms with Crippen LogP contribution in [0.3, 0.4) is 0 Å². The quantitative estimate of drug-likeness (QED) is 0.567. The number of hydrogen-bond donors (Lipinski definition) is 1. The molecule has 0 amide bonds. The number of Topliss-reactive ketones (excluding diaryl/α,β-unsaturated/α-hetero) is 1. The van der Waals surface area contributed by atoms with Gasteiger partial charge in [-0.2, -0.15) is 0 Å². The largest absolute Gasteiger partial charge is 0.496 e. The Balaban J connectivity index is 1.99. The number of ketones is 1. The van der Waals surface area contributed by atoms with Crippen LogP contribution in [0.25, 0.3) is 0 Å². The molecular formula is C23H29BrN2O5S. The second kappa shape index (κ2) is 8.67. The molecule has 0 aliphatic carbocycles. The topological polar surface area (TPSA) is 96.5 Å². The minimum Gasteiger partial charge on any atom is -0.496 e. The molecule has 32 heavy (non-hydrogen) atoms. The van der Waals surface area contributed by atoms with Crippen LogP contribution >= 0.6 is 15.9 Å². The van der Waals surface area contributed by atoms with Crippen molar-refractivity contribution < 1.29 is 17.9 Å². The summed E-state index contributed by atoms with van der Waals surface area (Å²) >= 11 is 3.44. The fraction of sp³-hybridized carbons (Fsp3) is 0.478. The van der Waals surface area contributed by atoms with Gasteiger partial charge < -0.3 is 9.72 Å². The first-order chi connectivity index (χ1) is 14.8. The minimum absolute atomic E-state index is 0.101. The van der Waals surface area contributed by atoms with Crippen molar-refractivity contribution in [1.82, 2.24) is 4.98 Å². The van der Waals surface area contributed by atoms with E-state index in [9.17, 15) is 18.0 Å². The molecule has 1 aliphatic heterocycles. The summed E-state index contributed by atoms with van der Waals surface area (Å²) in [7, 11) is -2.12. The average molecular weight is 525 g/mol. The number of aryl methyl sites for hydroxylation is 1. The van der Waals surface area contributed by atoms with Crippen LogP contribution in [0.2, 0.25) is 0 Å². The number of halogens is 1. The number of nitrogens with one attached hydrogen (secondary N) is 1. The van der Waals surface area contributed by atoms with Crippen LogP contribution < -0.4 is 14.6 Å². The first-order valence-corrected chi connectivity index (χ1v) is 12.7. The number of carbonyl (C=O) groups excluding carboxylic acids is 1. The Bertz CT molecular complexity index is 1230. The van der Waals surface area contributed by atoms with E-state index in [-0.39, 0.29) is 36.6 Å². The Hall–Kier alpha value is -2.13. The number of nitrogens with zero attached hydrogens (tertiary/aromatic N) is 1. The maximum atomic E-state index is 13.3. The molecule has 0 bridgehead atoms. The number of benzene rings is 1. The molecule has 1 atom stereocenters. The smallest absolute Gasteiger partial charge is 0.255 e. The molecule has 1 N–H and O–H groups in total. The molecule has 174 valence electrons. The zero-order chi connectivity index (χ0) is 24.0. The molecule has 7 nitrogen and oxygen atoms in total. The van der Waals surface area contributed by atoms with Gasteiger partial charge in [0.05, 0.1) is 23.1 Å². The van der Waals surface area contributed by atoms with Gasteiger partial charge in [-0.1, -0.05) is 22.9 Å². The van der Waals surface area contributed by atoms with E-state index in [0.717, 1.165) is 5.56 Å². The normalized spacial score (nSPS) is 16.2. The van der Waals surface area contributed by atoms with Gasteiger partial charge in [0, 0.05) is 34.6 Å². The van der Waals surface area contributed by atoms with Crippen LogP contribution in [-0.4, -0.2) is 37.6 Å². The van der Waals surface area contributed by atoms with Crippen LogP contribution in [0.4, 0.5) is 5.69 Å². The van der Waals surface area contributed by atoms with Crippen molar-refractivity contribution in [3.63, 3.8) is 0 Å². The highest BCUT2D eigenvalue weighted by Crippen LogP contribution is 2.44. The molecule has 1 unspecified atom stereocenters. The first kappa shape index (κ1) is 24.5. The molecule has 0 saturated heterocycles. The van der Waals surface area contributed by atoms with Gasteiger partial charge in [0.2, 0.25) is 10.0 Å². The van der Waals surface area contributed by atoms with E-state index in [2.05, 4.69) is 20.9 Å². The average Bonchev–Trinajstić information content (AvgIpc) is 3.01. The van der Waals surface area contributed by atoms with Crippen LogP contribution in [0.5, 0.6) is 5.75 Å². The zero-order valence-corrected chi connectivity index (χ0v) is 21.6. The molecule has 2 heterocycles. The maximum Gasteiger partial charge on any atom is 0.255 e. The van der Waals surface area contributed by atoms with Crippen molar-refractivity contribution in [2.24, 2.45) is 0 Å². The van der Waals surface area contributed by atoms with Gasteiger partial charge >= 0.3 is 0 Å². The standard InChI is InChI=1S/C23H29BrN2O5S/c1-13-12-26(32(29,30)23(3,4)5)18-11-15(24)10-17(21(13)18)19(27)8-7-16-20(31-6)9-14(2)25-22(16)28/h9-11,13H,7-8,12H2,1-6H3,(H,25,28). The van der Waals surface area contributed by atoms with Gasteiger partial charge in [0.25, 0.3) is 5.56 Å². The van der Waals surface area contributed by atoms with Crippen molar-refractivity contribution in [1.29, 1.82) is 0 Å². The lowest BCUT2D eigenvalue weighted by Gasteiger charge is -2.29. The summed E-state index contributed by atoms with van der Waals surface area (Å²) in [4.78, 5) is 28.4. The lowest BCUT2D eigenvalue weighted by Crippen LogP contribution is -2.42. The van der Waals surface area contributed by atoms with Crippen molar-refractivity contribution in [2.45, 2.75) is 58.1 Å². The summed E-state index contributed by atoms with van der Waals surface area (Å²) in [6, 6.07) is 5.23. The number of anilines is 1. The summed E-state index contributed by atoms with van der Waals surface area (Å²) in [5.74, 6) is 0.173. The zero-order valence-electron chi connectivity index (χ0n) is 19.2. The first-order valence-electron chi connectivity index (χ1n) is 10.4. The van der Waals surface area contributed by atoms with Crippen molar-refractivity contribution in [3.8, 4) is 5.75 Å². The Labute approximate surface area is 197 Å². The van der Waals surface area contributed by atoms with E-state index in [1.54, 1.807) is 45.9 Å². The van der Waals surface area contributed by atoms with Crippen molar-refractivity contribution in [3.05, 3.63) is 55.4 Å². The molecule has 0 spiro atoms. The summed E-state index contributed by atoms with van der Waals surface area (Å²) in [6.45, 7) is 8.99. The number of fused-ring (bicyclic) bond motifs is 1. The van der Waals surface area contributed by atoms with Crippen LogP contribution in [0.15, 0.2) is 27.5 Å². The Morgan fingerprint density at radius 1 is 1.28 bits per heavy atom. The number of carbonyl (C=O) groups is 1. The molecular weight excluding hydrogens is 496 g/mol. The number of rotatable bonds is 6. The number of pyridine rings is 1. The molecule has 1 aromatic heterocycles. The molecule has 2 aromatic rings. The monoisotopic (exact) mass is 524 g/mol. The predicted octanol–water partition coefficient (Wildman–Crippen LogP) is 4.32. The van der Waals surface area contributed by atoms with Crippen molar-refractivity contribution >= 4 is 37.4 Å². The second-order valence-electron chi connectivity index (χ2n) is 9.19. The molecule has 0 saturated carbocycles. The van der Waals surface area contributed by atoms with Crippen molar-refractivity contribution in [2.75, 3.05) is 18.0 Å². The minimum atomic E-state index is -3.62. The molecule has 1 aromatic carbocycles. The highest BCUT2D eigenvalue weighted by Gasteiger charge is 2.42. The summed E-state index contributed by atoms with van der Waals surface area (Å²) < 4.78 is 32.8. The maximum absolute atomic E-state index is 13.3. The van der Waals surface area contributed by atoms with E-state index in [1.165, 1.54) is 11.4 Å². The highest BCUT2D eigenvalue weighted by molar-refractivity contribution is 9.10. The second-order valence-corrected chi connectivity index (χ2v) is 12.7. The van der Waals surface area contributed by atoms with Crippen LogP contribution in [0, 0.1) is 6.92 Å². The molecule has 0 radical (unpaired) electrons. The van der Waals surface area contributed by atoms with E-state index < -0.39 is 14.8 Å². The lowest BCUT2D eigenvalue weighted by molar-refractivity contribution is 0.0981. The van der Waals surface area contributed by atoms with Gasteiger partial charge in [-0.15, -0.1) is 0 Å². The summed E-state index contributed by atoms with van der Waals surface area (Å²) in [5, 5.41) is 0. The lowest BCUT2D eigenvalue weighted by atomic mass is 9.92. The van der Waals surface area contributed by atoms with E-state index in [4.69, 9.17) is 4.74 Å². The number of ether oxygens (including phenoxy) is 1. The van der Waals surface area contributed by atoms with E-state index in [1.807, 2.05) is 6.92 Å². The third kappa shape index (κ3) is 4.37. The fourth-order valence-corrected chi connectivity index (χ4v) is 5.97. The number of hydrogen-bond acceptors (Lipinski definition) is 5. The molecule has 0 fully saturated rings. The predicted molar refractivity (Wildman–Crippen MR) is 130 cm³/mol. The van der Waals surface area contributed by atoms with Gasteiger partial charge in [-0.25, -0.2) is 8.42 Å². The van der Waals surface area contributed by atoms with Gasteiger partial charge in [-0.3, -0.25) is 13.9 Å². The number of H-pyrrole nitrogens is 1. The number of sulfonamides is 1. The van der Waals surface area contributed by atoms with E-state index in [0.29, 0.717) is 32.7 Å². The Morgan fingerprint density at radius 2 is 1.94 bits per heavy atom. The van der Waals surface area contributed by atoms with Crippen LogP contribution in [-0.2, 0) is 16.4 Å². The molecule has 1 aliphatic rings. The molecule has 9 heteroatoms. The molecule has 3 rings (SSSR count). The highest BCUT2D eigenvalue weighted by atomic mass is 79.9. The number of aromatic nitrogens is 1. The number of methoxy groups -OCH3 is 1. The van der Waals surface area contributed by atoms with Crippen LogP contribution in [0.1, 0.15) is 67.2 Å². The SMILES string of the molecule is COc1cc(C)[nH]c(=O)c1CCC(=O)c1cc(Br)cc2c1C(C)CN2S(=O)(=O)C(C)(C)C. The number of aromatic amines is 1. The fourth-order valence-electron chi connectivity index (χ4n) is 4.03. The Morgan fingerprint density at radius 3 is 2.53 bits per heavy atom. The summed E-state index contributed by atoms with van der Waals surface area (Å²) in [5.41, 5.74) is 2.58. The van der Waals surface area contributed by atoms with Gasteiger partial charge in [0.15, 0.2) is 5.78 Å². The van der Waals surface area contributed by atoms with E-state index >= 15 is 0 Å². The summed E-state index contributed by atoms with van der Waals surface area (Å²) in [6.07, 6.45) is 0.321.